The Morgan fingerprint density at radius 1 is 1.24 bits per heavy atom. The van der Waals surface area contributed by atoms with Gasteiger partial charge in [-0.2, -0.15) is 0 Å². The van der Waals surface area contributed by atoms with E-state index in [4.69, 9.17) is 0 Å². The molecule has 0 saturated carbocycles. The monoisotopic (exact) mass is 332 g/mol. The van der Waals surface area contributed by atoms with Crippen molar-refractivity contribution in [2.45, 2.75) is 37.9 Å². The third-order valence-corrected chi connectivity index (χ3v) is 5.64. The summed E-state index contributed by atoms with van der Waals surface area (Å²) in [6, 6.07) is 0. The van der Waals surface area contributed by atoms with Crippen molar-refractivity contribution < 1.29 is 0 Å². The lowest BCUT2D eigenvalue weighted by atomic mass is 10.1. The highest BCUT2D eigenvalue weighted by molar-refractivity contribution is 9.09. The Morgan fingerprint density at radius 3 is 2.65 bits per heavy atom. The third kappa shape index (κ3) is 2.71. The van der Waals surface area contributed by atoms with Gasteiger partial charge in [0, 0.05) is 0 Å². The first-order valence-corrected chi connectivity index (χ1v) is 7.94. The predicted octanol–water partition coefficient (Wildman–Crippen LogP) is 4.03. The van der Waals surface area contributed by atoms with Crippen molar-refractivity contribution >= 4 is 38.8 Å². The van der Waals surface area contributed by atoms with E-state index < -0.39 is 0 Å². The summed E-state index contributed by atoms with van der Waals surface area (Å²) in [6.07, 6.45) is 1.01. The van der Waals surface area contributed by atoms with Crippen LogP contribution in [0.2, 0.25) is 0 Å². The molecule has 1 atom stereocenters. The highest BCUT2D eigenvalue weighted by Crippen LogP contribution is 2.36. The molecule has 0 aliphatic carbocycles. The fourth-order valence-corrected chi connectivity index (χ4v) is 3.51. The van der Waals surface area contributed by atoms with Crippen molar-refractivity contribution in [1.29, 1.82) is 0 Å². The largest absolute Gasteiger partial charge is 0.161 e. The molecule has 0 aliphatic heterocycles. The van der Waals surface area contributed by atoms with Crippen LogP contribution in [0.25, 0.3) is 9.88 Å². The molecular weight excluding hydrogens is 320 g/mol. The molecule has 0 N–H and O–H groups in total. The van der Waals surface area contributed by atoms with Gasteiger partial charge in [-0.15, -0.1) is 15.3 Å². The van der Waals surface area contributed by atoms with Gasteiger partial charge in [-0.3, -0.25) is 0 Å². The average Bonchev–Trinajstić information content (AvgIpc) is 2.95. The van der Waals surface area contributed by atoms with Crippen LogP contribution in [0.15, 0.2) is 0 Å². The van der Waals surface area contributed by atoms with E-state index in [2.05, 4.69) is 56.5 Å². The molecule has 17 heavy (non-hydrogen) atoms. The fraction of sp³-hybridized carbons (Fsp3) is 0.600. The van der Waals surface area contributed by atoms with Gasteiger partial charge in [-0.25, -0.2) is 0 Å². The molecule has 4 nitrogen and oxygen atoms in total. The van der Waals surface area contributed by atoms with Crippen molar-refractivity contribution in [3.63, 3.8) is 0 Å². The van der Waals surface area contributed by atoms with E-state index in [0.717, 1.165) is 27.0 Å². The molecule has 0 aromatic carbocycles. The van der Waals surface area contributed by atoms with Gasteiger partial charge in [0.1, 0.15) is 9.88 Å². The van der Waals surface area contributed by atoms with Crippen molar-refractivity contribution in [2.75, 3.05) is 0 Å². The molecule has 0 spiro atoms. The van der Waals surface area contributed by atoms with Crippen LogP contribution in [-0.4, -0.2) is 19.8 Å². The Bertz CT molecular complexity index is 494. The minimum absolute atomic E-state index is 0.289. The molecule has 0 aliphatic rings. The van der Waals surface area contributed by atoms with Gasteiger partial charge in [-0.1, -0.05) is 52.5 Å². The maximum atomic E-state index is 4.24. The van der Waals surface area contributed by atoms with Crippen LogP contribution in [0, 0.1) is 0 Å². The lowest BCUT2D eigenvalue weighted by Gasteiger charge is -2.00. The normalized spacial score (nSPS) is 13.2. The number of rotatable bonds is 4. The zero-order valence-electron chi connectivity index (χ0n) is 9.85. The molecule has 7 heteroatoms. The molecule has 0 saturated heterocycles. The number of alkyl halides is 1. The van der Waals surface area contributed by atoms with Crippen LogP contribution in [0.3, 0.4) is 0 Å². The van der Waals surface area contributed by atoms with Crippen molar-refractivity contribution in [3.05, 3.63) is 10.7 Å². The topological polar surface area (TPSA) is 51.6 Å². The van der Waals surface area contributed by atoms with Gasteiger partial charge >= 0.3 is 0 Å². The average molecular weight is 333 g/mol. The van der Waals surface area contributed by atoms with Crippen molar-refractivity contribution in [3.8, 4) is 9.88 Å². The summed E-state index contributed by atoms with van der Waals surface area (Å²) in [6.45, 7) is 6.34. The Hall–Kier alpha value is -0.400. The molecule has 0 fully saturated rings. The van der Waals surface area contributed by atoms with Crippen molar-refractivity contribution in [1.82, 2.24) is 19.8 Å². The maximum Gasteiger partial charge on any atom is 0.161 e. The van der Waals surface area contributed by atoms with Gasteiger partial charge in [0.2, 0.25) is 0 Å². The Labute approximate surface area is 117 Å². The molecule has 2 aromatic rings. The van der Waals surface area contributed by atoms with E-state index in [9.17, 15) is 0 Å². The lowest BCUT2D eigenvalue weighted by molar-refractivity contribution is 0.813. The molecule has 2 rings (SSSR count). The minimum Gasteiger partial charge on any atom is -0.142 e. The number of hydrogen-bond donors (Lipinski definition) is 0. The summed E-state index contributed by atoms with van der Waals surface area (Å²) in [7, 11) is 0. The Morgan fingerprint density at radius 2 is 2.00 bits per heavy atom. The van der Waals surface area contributed by atoms with Gasteiger partial charge < -0.3 is 0 Å². The van der Waals surface area contributed by atoms with Crippen LogP contribution in [-0.2, 0) is 0 Å². The van der Waals surface area contributed by atoms with Crippen LogP contribution in [0.5, 0.6) is 0 Å². The summed E-state index contributed by atoms with van der Waals surface area (Å²) in [5.41, 5.74) is 1.01. The van der Waals surface area contributed by atoms with Gasteiger partial charge in [0.05, 0.1) is 10.5 Å². The first-order valence-electron chi connectivity index (χ1n) is 5.43. The maximum absolute atomic E-state index is 4.24. The standard InChI is InChI=1S/C10H13BrN4S2/c1-4-6(11)9-13-14-10(16-9)8-7(5(2)3)12-15-17-8/h5-6H,4H2,1-3H3. The zero-order chi connectivity index (χ0) is 12.4. The smallest absolute Gasteiger partial charge is 0.142 e. The van der Waals surface area contributed by atoms with Crippen LogP contribution >= 0.6 is 38.8 Å². The van der Waals surface area contributed by atoms with E-state index in [0.29, 0.717) is 5.92 Å². The first kappa shape index (κ1) is 13.0. The van der Waals surface area contributed by atoms with Crippen LogP contribution < -0.4 is 0 Å². The summed E-state index contributed by atoms with van der Waals surface area (Å²) in [4.78, 5) is 1.34. The second-order valence-corrected chi connectivity index (χ2v) is 6.83. The molecule has 0 bridgehead atoms. The molecule has 0 amide bonds. The van der Waals surface area contributed by atoms with E-state index in [-0.39, 0.29) is 4.83 Å². The molecule has 2 heterocycles. The van der Waals surface area contributed by atoms with E-state index in [1.807, 2.05) is 0 Å². The number of hydrogen-bond acceptors (Lipinski definition) is 6. The molecule has 92 valence electrons. The van der Waals surface area contributed by atoms with E-state index in [1.165, 1.54) is 11.5 Å². The quantitative estimate of drug-likeness (QED) is 0.793. The highest BCUT2D eigenvalue weighted by Gasteiger charge is 2.19. The first-order chi connectivity index (χ1) is 8.13. The molecule has 0 radical (unpaired) electrons. The Balaban J connectivity index is 2.34. The molecular formula is C10H13BrN4S2. The van der Waals surface area contributed by atoms with Crippen LogP contribution in [0.4, 0.5) is 0 Å². The second-order valence-electron chi connectivity index (χ2n) is 3.96. The fourth-order valence-electron chi connectivity index (χ4n) is 1.35. The van der Waals surface area contributed by atoms with Gasteiger partial charge in [0.25, 0.3) is 0 Å². The summed E-state index contributed by atoms with van der Waals surface area (Å²) >= 11 is 6.60. The van der Waals surface area contributed by atoms with E-state index >= 15 is 0 Å². The van der Waals surface area contributed by atoms with E-state index in [1.54, 1.807) is 11.3 Å². The van der Waals surface area contributed by atoms with Gasteiger partial charge in [0.15, 0.2) is 5.01 Å². The second kappa shape index (κ2) is 5.49. The lowest BCUT2D eigenvalue weighted by Crippen LogP contribution is -1.90. The summed E-state index contributed by atoms with van der Waals surface area (Å²) in [5, 5.41) is 14.6. The number of aromatic nitrogens is 4. The Kier molecular flexibility index (Phi) is 4.22. The third-order valence-electron chi connectivity index (χ3n) is 2.32. The zero-order valence-corrected chi connectivity index (χ0v) is 13.1. The highest BCUT2D eigenvalue weighted by atomic mass is 79.9. The number of nitrogens with zero attached hydrogens (tertiary/aromatic N) is 4. The SMILES string of the molecule is CCC(Br)c1nnc(-c2snnc2C(C)C)s1. The van der Waals surface area contributed by atoms with Crippen molar-refractivity contribution in [2.24, 2.45) is 0 Å². The van der Waals surface area contributed by atoms with Gasteiger partial charge in [-0.05, 0) is 23.9 Å². The summed E-state index contributed by atoms with van der Waals surface area (Å²) in [5.74, 6) is 0.363. The molecule has 1 unspecified atom stereocenters. The predicted molar refractivity (Wildman–Crippen MR) is 74.9 cm³/mol. The summed E-state index contributed by atoms with van der Waals surface area (Å²) < 4.78 is 4.01. The van der Waals surface area contributed by atoms with Crippen LogP contribution in [0.1, 0.15) is 48.6 Å². The molecule has 2 aromatic heterocycles. The number of halogens is 1. The minimum atomic E-state index is 0.289.